The number of nitrogens with zero attached hydrogens (tertiary/aromatic N) is 2. The lowest BCUT2D eigenvalue weighted by Gasteiger charge is -2.32. The molecule has 2 aromatic carbocycles. The smallest absolute Gasteiger partial charge is 0.243 e. The van der Waals surface area contributed by atoms with Gasteiger partial charge in [0, 0.05) is 33.2 Å². The van der Waals surface area contributed by atoms with Crippen molar-refractivity contribution in [2.24, 2.45) is 0 Å². The summed E-state index contributed by atoms with van der Waals surface area (Å²) in [5.41, 5.74) is 1.62. The van der Waals surface area contributed by atoms with Gasteiger partial charge in [-0.1, -0.05) is 42.5 Å². The van der Waals surface area contributed by atoms with Crippen molar-refractivity contribution in [3.05, 3.63) is 65.7 Å². The van der Waals surface area contributed by atoms with Crippen LogP contribution in [0, 0.1) is 0 Å². The molecule has 0 heterocycles. The molecule has 2 aromatic rings. The Balaban J connectivity index is 2.41. The summed E-state index contributed by atoms with van der Waals surface area (Å²) in [5.74, 6) is -0.218. The predicted molar refractivity (Wildman–Crippen MR) is 130 cm³/mol. The predicted octanol–water partition coefficient (Wildman–Crippen LogP) is 1.03. The van der Waals surface area contributed by atoms with Gasteiger partial charge in [0.2, 0.25) is 21.8 Å². The molecule has 1 atom stereocenters. The Morgan fingerprint density at radius 2 is 1.71 bits per heavy atom. The second-order valence-corrected chi connectivity index (χ2v) is 10.1. The minimum Gasteiger partial charge on any atom is -0.497 e. The zero-order valence-electron chi connectivity index (χ0n) is 19.8. The third-order valence-corrected chi connectivity index (χ3v) is 6.60. The number of hydrogen-bond acceptors (Lipinski definition) is 6. The van der Waals surface area contributed by atoms with Gasteiger partial charge in [0.1, 0.15) is 11.8 Å². The first-order valence-corrected chi connectivity index (χ1v) is 12.8. The average molecular weight is 492 g/mol. The van der Waals surface area contributed by atoms with Gasteiger partial charge in [0.15, 0.2) is 0 Å². The van der Waals surface area contributed by atoms with Crippen LogP contribution in [0.15, 0.2) is 54.6 Å². The van der Waals surface area contributed by atoms with E-state index in [0.717, 1.165) is 21.7 Å². The summed E-state index contributed by atoms with van der Waals surface area (Å²) >= 11 is 0. The fourth-order valence-corrected chi connectivity index (χ4v) is 3.63. The maximum absolute atomic E-state index is 13.4. The topological polar surface area (TPSA) is 116 Å². The molecule has 0 radical (unpaired) electrons. The Kier molecular flexibility index (Phi) is 10.5. The third-order valence-electron chi connectivity index (χ3n) is 5.34. The molecule has 0 aromatic heterocycles. The number of aliphatic hydroxyl groups excluding tert-OH is 1. The maximum atomic E-state index is 13.4. The van der Waals surface area contributed by atoms with E-state index < -0.39 is 28.5 Å². The number of benzene rings is 2. The number of methoxy groups -OCH3 is 1. The average Bonchev–Trinajstić information content (AvgIpc) is 2.81. The van der Waals surface area contributed by atoms with Crippen molar-refractivity contribution in [1.82, 2.24) is 14.5 Å². The van der Waals surface area contributed by atoms with E-state index in [-0.39, 0.29) is 32.0 Å². The summed E-state index contributed by atoms with van der Waals surface area (Å²) in [6, 6.07) is 15.5. The van der Waals surface area contributed by atoms with Gasteiger partial charge in [-0.3, -0.25) is 9.59 Å². The zero-order chi connectivity index (χ0) is 25.1. The molecule has 2 amide bonds. The van der Waals surface area contributed by atoms with Gasteiger partial charge in [0.05, 0.1) is 19.9 Å². The van der Waals surface area contributed by atoms with E-state index in [1.165, 1.54) is 11.9 Å². The molecular weight excluding hydrogens is 458 g/mol. The van der Waals surface area contributed by atoms with Crippen LogP contribution in [0.3, 0.4) is 0 Å². The number of nitrogens with one attached hydrogen (secondary N) is 1. The second kappa shape index (κ2) is 13.1. The number of likely N-dealkylation sites (N-methyl/N-ethyl adjacent to an activating group) is 1. The van der Waals surface area contributed by atoms with E-state index >= 15 is 0 Å². The first kappa shape index (κ1) is 27.3. The third kappa shape index (κ3) is 8.44. The Hall–Kier alpha value is -2.95. The molecule has 2 N–H and O–H groups in total. The first-order chi connectivity index (χ1) is 16.2. The first-order valence-electron chi connectivity index (χ1n) is 10.9. The number of sulfonamides is 1. The molecule has 0 aliphatic heterocycles. The molecule has 2 rings (SSSR count). The molecule has 0 aliphatic carbocycles. The van der Waals surface area contributed by atoms with E-state index in [0.29, 0.717) is 12.2 Å². The molecule has 1 unspecified atom stereocenters. The van der Waals surface area contributed by atoms with Crippen molar-refractivity contribution < 1.29 is 27.9 Å². The van der Waals surface area contributed by atoms with Crippen LogP contribution in [0.2, 0.25) is 0 Å². The van der Waals surface area contributed by atoms with Crippen molar-refractivity contribution >= 4 is 21.8 Å². The lowest BCUT2D eigenvalue weighted by molar-refractivity contribution is -0.141. The number of hydrogen-bond donors (Lipinski definition) is 2. The molecule has 9 nitrogen and oxygen atoms in total. The molecule has 34 heavy (non-hydrogen) atoms. The van der Waals surface area contributed by atoms with E-state index in [1.54, 1.807) is 31.4 Å². The summed E-state index contributed by atoms with van der Waals surface area (Å²) < 4.78 is 30.0. The summed E-state index contributed by atoms with van der Waals surface area (Å²) in [5, 5.41) is 11.9. The quantitative estimate of drug-likeness (QED) is 0.404. The molecule has 0 bridgehead atoms. The number of amides is 2. The number of aliphatic hydroxyl groups is 1. The standard InChI is InChI=1S/C24H33N3O6S/c1-26(34(3,31)32)18-23(29)27(17-20-10-12-21(33-2)13-11-20)22(24(30)25-14-7-15-28)16-19-8-5-4-6-9-19/h4-6,8-13,22,28H,7,14-18H2,1-3H3,(H,25,30). The second-order valence-electron chi connectivity index (χ2n) is 7.96. The van der Waals surface area contributed by atoms with Gasteiger partial charge in [-0.2, -0.15) is 4.31 Å². The summed E-state index contributed by atoms with van der Waals surface area (Å²) in [7, 11) is -0.715. The lowest BCUT2D eigenvalue weighted by atomic mass is 10.0. The zero-order valence-corrected chi connectivity index (χ0v) is 20.6. The van der Waals surface area contributed by atoms with Crippen molar-refractivity contribution in [3.63, 3.8) is 0 Å². The maximum Gasteiger partial charge on any atom is 0.243 e. The van der Waals surface area contributed by atoms with Gasteiger partial charge < -0.3 is 20.1 Å². The normalized spacial score (nSPS) is 12.3. The summed E-state index contributed by atoms with van der Waals surface area (Å²) in [6.45, 7) is -0.110. The van der Waals surface area contributed by atoms with Crippen LogP contribution >= 0.6 is 0 Å². The van der Waals surface area contributed by atoms with Crippen molar-refractivity contribution in [3.8, 4) is 5.75 Å². The Morgan fingerprint density at radius 3 is 2.26 bits per heavy atom. The minimum atomic E-state index is -3.59. The van der Waals surface area contributed by atoms with E-state index in [2.05, 4.69) is 5.32 Å². The van der Waals surface area contributed by atoms with E-state index in [9.17, 15) is 18.0 Å². The van der Waals surface area contributed by atoms with Crippen LogP contribution in [-0.4, -0.2) is 80.7 Å². The highest BCUT2D eigenvalue weighted by atomic mass is 32.2. The molecule has 0 fully saturated rings. The van der Waals surface area contributed by atoms with Gasteiger partial charge in [-0.25, -0.2) is 8.42 Å². The van der Waals surface area contributed by atoms with Gasteiger partial charge in [-0.15, -0.1) is 0 Å². The number of ether oxygens (including phenoxy) is 1. The van der Waals surface area contributed by atoms with Crippen LogP contribution < -0.4 is 10.1 Å². The highest BCUT2D eigenvalue weighted by molar-refractivity contribution is 7.88. The largest absolute Gasteiger partial charge is 0.497 e. The van der Waals surface area contributed by atoms with Crippen molar-refractivity contribution in [1.29, 1.82) is 0 Å². The minimum absolute atomic E-state index is 0.0721. The van der Waals surface area contributed by atoms with E-state index in [1.807, 2.05) is 30.3 Å². The molecule has 0 saturated carbocycles. The molecule has 0 spiro atoms. The highest BCUT2D eigenvalue weighted by Crippen LogP contribution is 2.18. The van der Waals surface area contributed by atoms with E-state index in [4.69, 9.17) is 9.84 Å². The fraction of sp³-hybridized carbons (Fsp3) is 0.417. The number of rotatable bonds is 13. The Bertz CT molecular complexity index is 1030. The molecule has 186 valence electrons. The Morgan fingerprint density at radius 1 is 1.06 bits per heavy atom. The van der Waals surface area contributed by atoms with Crippen LogP contribution in [0.5, 0.6) is 5.75 Å². The monoisotopic (exact) mass is 491 g/mol. The molecule has 0 aliphatic rings. The van der Waals surface area contributed by atoms with Crippen molar-refractivity contribution in [2.45, 2.75) is 25.4 Å². The number of carbonyl (C=O) groups is 2. The fourth-order valence-electron chi connectivity index (χ4n) is 3.29. The van der Waals surface area contributed by atoms with Crippen LogP contribution in [0.25, 0.3) is 0 Å². The molecular formula is C24H33N3O6S. The van der Waals surface area contributed by atoms with Crippen molar-refractivity contribution in [2.75, 3.05) is 40.1 Å². The lowest BCUT2D eigenvalue weighted by Crippen LogP contribution is -2.53. The van der Waals surface area contributed by atoms with Gasteiger partial charge >= 0.3 is 0 Å². The summed E-state index contributed by atoms with van der Waals surface area (Å²) in [6.07, 6.45) is 1.65. The van der Waals surface area contributed by atoms with Crippen LogP contribution in [-0.2, 0) is 32.6 Å². The SMILES string of the molecule is COc1ccc(CN(C(=O)CN(C)S(C)(=O)=O)C(Cc2ccccc2)C(=O)NCCCO)cc1. The molecule has 10 heteroatoms. The highest BCUT2D eigenvalue weighted by Gasteiger charge is 2.31. The van der Waals surface area contributed by atoms with Gasteiger partial charge in [0.25, 0.3) is 0 Å². The van der Waals surface area contributed by atoms with Crippen LogP contribution in [0.4, 0.5) is 0 Å². The molecule has 0 saturated heterocycles. The van der Waals surface area contributed by atoms with Crippen LogP contribution in [0.1, 0.15) is 17.5 Å². The summed E-state index contributed by atoms with van der Waals surface area (Å²) in [4.78, 5) is 28.0. The number of carbonyl (C=O) groups excluding carboxylic acids is 2. The van der Waals surface area contributed by atoms with Gasteiger partial charge in [-0.05, 0) is 29.7 Å². The Labute approximate surface area is 201 Å².